The summed E-state index contributed by atoms with van der Waals surface area (Å²) in [4.78, 5) is 16.7. The van der Waals surface area contributed by atoms with Crippen LogP contribution in [0.15, 0.2) is 18.2 Å². The highest BCUT2D eigenvalue weighted by Gasteiger charge is 2.38. The molecule has 0 bridgehead atoms. The number of hydrogen-bond acceptors (Lipinski definition) is 5. The summed E-state index contributed by atoms with van der Waals surface area (Å²) in [5.74, 6) is 0.252. The predicted molar refractivity (Wildman–Crippen MR) is 142 cm³/mol. The number of benzene rings is 1. The molecule has 6 nitrogen and oxygen atoms in total. The first-order chi connectivity index (χ1) is 16.3. The molecule has 0 spiro atoms. The third-order valence-electron chi connectivity index (χ3n) is 6.72. The van der Waals surface area contributed by atoms with Gasteiger partial charge in [0, 0.05) is 45.9 Å². The van der Waals surface area contributed by atoms with Crippen LogP contribution in [-0.2, 0) is 9.47 Å². The van der Waals surface area contributed by atoms with Gasteiger partial charge in [-0.05, 0) is 77.5 Å². The molecular formula is C27H45FN2O4Si. The monoisotopic (exact) mass is 508 g/mol. The van der Waals surface area contributed by atoms with Crippen LogP contribution < -0.4 is 9.64 Å². The van der Waals surface area contributed by atoms with Gasteiger partial charge in [0.1, 0.15) is 17.2 Å². The molecule has 0 unspecified atom stereocenters. The Morgan fingerprint density at radius 2 is 1.60 bits per heavy atom. The quantitative estimate of drug-likeness (QED) is 0.201. The SMILES string of the molecule is CN(C(=O)OC(C)(C)C)[C@H]1CC[C@@H](N(c2ccc(F)cc2OCOCC[Si](C)(C)C)C2CC2)CC1. The number of rotatable bonds is 10. The van der Waals surface area contributed by atoms with Crippen LogP contribution in [0.4, 0.5) is 14.9 Å². The summed E-state index contributed by atoms with van der Waals surface area (Å²) in [5.41, 5.74) is 0.453. The average molecular weight is 509 g/mol. The van der Waals surface area contributed by atoms with E-state index >= 15 is 0 Å². The lowest BCUT2D eigenvalue weighted by Crippen LogP contribution is -2.46. The number of hydrogen-bond donors (Lipinski definition) is 0. The summed E-state index contributed by atoms with van der Waals surface area (Å²) in [7, 11) is 0.671. The summed E-state index contributed by atoms with van der Waals surface area (Å²) < 4.78 is 31.4. The molecule has 8 heteroatoms. The van der Waals surface area contributed by atoms with Crippen LogP contribution in [0.5, 0.6) is 5.75 Å². The van der Waals surface area contributed by atoms with E-state index in [0.29, 0.717) is 24.4 Å². The summed E-state index contributed by atoms with van der Waals surface area (Å²) in [6.45, 7) is 13.4. The van der Waals surface area contributed by atoms with E-state index in [2.05, 4.69) is 24.5 Å². The van der Waals surface area contributed by atoms with Crippen LogP contribution in [0.2, 0.25) is 25.7 Å². The minimum Gasteiger partial charge on any atom is -0.465 e. The van der Waals surface area contributed by atoms with E-state index in [-0.39, 0.29) is 24.7 Å². The van der Waals surface area contributed by atoms with Crippen molar-refractivity contribution in [2.75, 3.05) is 25.3 Å². The maximum Gasteiger partial charge on any atom is 0.410 e. The van der Waals surface area contributed by atoms with E-state index in [4.69, 9.17) is 14.2 Å². The fourth-order valence-electron chi connectivity index (χ4n) is 4.61. The van der Waals surface area contributed by atoms with E-state index in [0.717, 1.165) is 50.3 Å². The fraction of sp³-hybridized carbons (Fsp3) is 0.741. The molecule has 0 saturated heterocycles. The first kappa shape index (κ1) is 27.8. The normalized spacial score (nSPS) is 20.9. The van der Waals surface area contributed by atoms with Crippen LogP contribution in [0.1, 0.15) is 59.3 Å². The molecular weight excluding hydrogens is 463 g/mol. The van der Waals surface area contributed by atoms with Crippen LogP contribution in [0, 0.1) is 5.82 Å². The first-order valence-electron chi connectivity index (χ1n) is 13.1. The van der Waals surface area contributed by atoms with Crippen LogP contribution in [0.3, 0.4) is 0 Å². The molecule has 2 saturated carbocycles. The minimum absolute atomic E-state index is 0.132. The smallest absolute Gasteiger partial charge is 0.410 e. The third kappa shape index (κ3) is 8.67. The van der Waals surface area contributed by atoms with Crippen molar-refractivity contribution in [3.8, 4) is 5.75 Å². The molecule has 1 aromatic carbocycles. The van der Waals surface area contributed by atoms with Gasteiger partial charge < -0.3 is 24.0 Å². The van der Waals surface area contributed by atoms with Gasteiger partial charge in [0.05, 0.1) is 5.69 Å². The standard InChI is InChI=1S/C27H45FN2O4Si/c1-27(2,3)34-26(31)29(4)21-9-11-22(12-10-21)30(23-13-14-23)24-15-8-20(28)18-25(24)33-19-32-16-17-35(5,6)7/h8,15,18,21-23H,9-14,16-17,19H2,1-7H3/t21-,22+. The molecule has 35 heavy (non-hydrogen) atoms. The van der Waals surface area contributed by atoms with Gasteiger partial charge in [-0.1, -0.05) is 19.6 Å². The van der Waals surface area contributed by atoms with Gasteiger partial charge in [-0.15, -0.1) is 0 Å². The number of carbonyl (C=O) groups is 1. The van der Waals surface area contributed by atoms with Crippen LogP contribution in [0.25, 0.3) is 0 Å². The molecule has 2 fully saturated rings. The van der Waals surface area contributed by atoms with E-state index in [9.17, 15) is 9.18 Å². The summed E-state index contributed by atoms with van der Waals surface area (Å²) in [6.07, 6.45) is 5.79. The van der Waals surface area contributed by atoms with Gasteiger partial charge >= 0.3 is 6.09 Å². The van der Waals surface area contributed by atoms with Crippen molar-refractivity contribution in [3.63, 3.8) is 0 Å². The Balaban J connectivity index is 1.63. The Bertz CT molecular complexity index is 843. The number of ether oxygens (including phenoxy) is 3. The number of anilines is 1. The fourth-order valence-corrected chi connectivity index (χ4v) is 5.37. The van der Waals surface area contributed by atoms with Gasteiger partial charge in [0.2, 0.25) is 0 Å². The molecule has 3 rings (SSSR count). The van der Waals surface area contributed by atoms with Crippen molar-refractivity contribution in [2.45, 2.75) is 109 Å². The maximum absolute atomic E-state index is 14.2. The van der Waals surface area contributed by atoms with Crippen LogP contribution >= 0.6 is 0 Å². The van der Waals surface area contributed by atoms with Crippen molar-refractivity contribution in [1.82, 2.24) is 4.90 Å². The Morgan fingerprint density at radius 1 is 1.03 bits per heavy atom. The Morgan fingerprint density at radius 3 is 2.14 bits per heavy atom. The van der Waals surface area contributed by atoms with Gasteiger partial charge in [-0.3, -0.25) is 0 Å². The summed E-state index contributed by atoms with van der Waals surface area (Å²) >= 11 is 0. The average Bonchev–Trinajstić information content (AvgIpc) is 3.58. The third-order valence-corrected chi connectivity index (χ3v) is 8.43. The summed E-state index contributed by atoms with van der Waals surface area (Å²) in [5, 5.41) is 0. The molecule has 2 aliphatic rings. The van der Waals surface area contributed by atoms with Gasteiger partial charge in [0.15, 0.2) is 6.79 Å². The molecule has 0 N–H and O–H groups in total. The van der Waals surface area contributed by atoms with Gasteiger partial charge in [-0.2, -0.15) is 0 Å². The summed E-state index contributed by atoms with van der Waals surface area (Å²) in [6, 6.07) is 6.89. The van der Waals surface area contributed by atoms with Crippen molar-refractivity contribution in [1.29, 1.82) is 0 Å². The Hall–Kier alpha value is -1.80. The Kier molecular flexibility index (Phi) is 9.13. The lowest BCUT2D eigenvalue weighted by atomic mass is 9.89. The zero-order valence-electron chi connectivity index (χ0n) is 22.7. The molecule has 0 atom stereocenters. The van der Waals surface area contributed by atoms with Crippen molar-refractivity contribution < 1.29 is 23.4 Å². The molecule has 198 valence electrons. The number of carbonyl (C=O) groups excluding carboxylic acids is 1. The zero-order valence-corrected chi connectivity index (χ0v) is 23.7. The van der Waals surface area contributed by atoms with E-state index in [1.807, 2.05) is 33.9 Å². The van der Waals surface area contributed by atoms with Gasteiger partial charge in [0.25, 0.3) is 0 Å². The second kappa shape index (κ2) is 11.5. The lowest BCUT2D eigenvalue weighted by Gasteiger charge is -2.41. The molecule has 2 aliphatic carbocycles. The van der Waals surface area contributed by atoms with E-state index in [1.54, 1.807) is 4.90 Å². The van der Waals surface area contributed by atoms with Crippen molar-refractivity contribution in [3.05, 3.63) is 24.0 Å². The Labute approximate surface area is 212 Å². The number of halogens is 1. The first-order valence-corrected chi connectivity index (χ1v) is 16.8. The molecule has 1 amide bonds. The second-order valence-electron chi connectivity index (χ2n) is 12.3. The van der Waals surface area contributed by atoms with Gasteiger partial charge in [-0.25, -0.2) is 9.18 Å². The molecule has 0 radical (unpaired) electrons. The lowest BCUT2D eigenvalue weighted by molar-refractivity contribution is 0.0182. The molecule has 0 heterocycles. The highest BCUT2D eigenvalue weighted by Crippen LogP contribution is 2.42. The zero-order chi connectivity index (χ0) is 25.8. The molecule has 0 aliphatic heterocycles. The number of amides is 1. The van der Waals surface area contributed by atoms with Crippen molar-refractivity contribution >= 4 is 19.9 Å². The largest absolute Gasteiger partial charge is 0.465 e. The van der Waals surface area contributed by atoms with E-state index < -0.39 is 13.7 Å². The predicted octanol–water partition coefficient (Wildman–Crippen LogP) is 6.66. The highest BCUT2D eigenvalue weighted by molar-refractivity contribution is 6.76. The highest BCUT2D eigenvalue weighted by atomic mass is 28.3. The second-order valence-corrected chi connectivity index (χ2v) is 17.9. The van der Waals surface area contributed by atoms with Crippen LogP contribution in [-0.4, -0.2) is 63.2 Å². The number of nitrogens with zero attached hydrogens (tertiary/aromatic N) is 2. The van der Waals surface area contributed by atoms with E-state index in [1.165, 1.54) is 12.1 Å². The topological polar surface area (TPSA) is 51.2 Å². The molecule has 0 aromatic heterocycles. The van der Waals surface area contributed by atoms with Crippen molar-refractivity contribution in [2.24, 2.45) is 0 Å². The maximum atomic E-state index is 14.2. The molecule has 1 aromatic rings. The minimum atomic E-state index is -1.17.